The van der Waals surface area contributed by atoms with Crippen molar-refractivity contribution >= 4 is 0 Å². The molecule has 0 radical (unpaired) electrons. The molecule has 0 fully saturated rings. The SMILES string of the molecule is CCc1cc(OCc2ccc(C#N)cc2)ccc1C. The van der Waals surface area contributed by atoms with Crippen molar-refractivity contribution in [2.45, 2.75) is 26.9 Å². The van der Waals surface area contributed by atoms with Gasteiger partial charge in [-0.25, -0.2) is 0 Å². The van der Waals surface area contributed by atoms with Gasteiger partial charge in [0, 0.05) is 0 Å². The minimum atomic E-state index is 0.526. The van der Waals surface area contributed by atoms with Gasteiger partial charge in [0.2, 0.25) is 0 Å². The van der Waals surface area contributed by atoms with Crippen molar-refractivity contribution in [3.05, 3.63) is 64.7 Å². The zero-order valence-corrected chi connectivity index (χ0v) is 11.3. The molecular weight excluding hydrogens is 234 g/mol. The van der Waals surface area contributed by atoms with Crippen LogP contribution in [-0.2, 0) is 13.0 Å². The Bertz CT molecular complexity index is 594. The number of aryl methyl sites for hydroxylation is 2. The smallest absolute Gasteiger partial charge is 0.120 e. The largest absolute Gasteiger partial charge is 0.489 e. The average Bonchev–Trinajstić information content (AvgIpc) is 2.47. The summed E-state index contributed by atoms with van der Waals surface area (Å²) in [5.74, 6) is 0.895. The van der Waals surface area contributed by atoms with E-state index in [4.69, 9.17) is 10.00 Å². The van der Waals surface area contributed by atoms with E-state index >= 15 is 0 Å². The summed E-state index contributed by atoms with van der Waals surface area (Å²) in [6.45, 7) is 4.79. The highest BCUT2D eigenvalue weighted by Gasteiger charge is 2.00. The van der Waals surface area contributed by atoms with E-state index in [1.807, 2.05) is 30.3 Å². The summed E-state index contributed by atoms with van der Waals surface area (Å²) in [6.07, 6.45) is 1.01. The maximum absolute atomic E-state index is 8.74. The number of hydrogen-bond donors (Lipinski definition) is 0. The Labute approximate surface area is 114 Å². The van der Waals surface area contributed by atoms with Gasteiger partial charge < -0.3 is 4.74 Å². The molecule has 2 aromatic rings. The van der Waals surface area contributed by atoms with Crippen molar-refractivity contribution < 1.29 is 4.74 Å². The fourth-order valence-corrected chi connectivity index (χ4v) is 1.96. The maximum Gasteiger partial charge on any atom is 0.120 e. The van der Waals surface area contributed by atoms with Crippen LogP contribution in [0.1, 0.15) is 29.2 Å². The van der Waals surface area contributed by atoms with Crippen molar-refractivity contribution in [2.75, 3.05) is 0 Å². The van der Waals surface area contributed by atoms with Gasteiger partial charge in [-0.05, 0) is 54.3 Å². The third-order valence-electron chi connectivity index (χ3n) is 3.19. The molecule has 19 heavy (non-hydrogen) atoms. The Morgan fingerprint density at radius 2 is 1.84 bits per heavy atom. The summed E-state index contributed by atoms with van der Waals surface area (Å²) in [4.78, 5) is 0. The first-order valence-electron chi connectivity index (χ1n) is 6.44. The van der Waals surface area contributed by atoms with Gasteiger partial charge in [0.15, 0.2) is 0 Å². The zero-order chi connectivity index (χ0) is 13.7. The van der Waals surface area contributed by atoms with E-state index < -0.39 is 0 Å². The monoisotopic (exact) mass is 251 g/mol. The van der Waals surface area contributed by atoms with E-state index in [0.29, 0.717) is 12.2 Å². The number of nitrogens with zero attached hydrogens (tertiary/aromatic N) is 1. The lowest BCUT2D eigenvalue weighted by Gasteiger charge is -2.09. The van der Waals surface area contributed by atoms with E-state index in [0.717, 1.165) is 17.7 Å². The molecule has 0 aliphatic heterocycles. The third-order valence-corrected chi connectivity index (χ3v) is 3.19. The van der Waals surface area contributed by atoms with Crippen molar-refractivity contribution in [1.29, 1.82) is 5.26 Å². The van der Waals surface area contributed by atoms with Gasteiger partial charge in [-0.1, -0.05) is 25.1 Å². The normalized spacial score (nSPS) is 9.95. The molecule has 0 spiro atoms. The van der Waals surface area contributed by atoms with Crippen LogP contribution in [0.25, 0.3) is 0 Å². The highest BCUT2D eigenvalue weighted by molar-refractivity contribution is 5.35. The lowest BCUT2D eigenvalue weighted by atomic mass is 10.1. The van der Waals surface area contributed by atoms with E-state index in [1.54, 1.807) is 0 Å². The van der Waals surface area contributed by atoms with Crippen LogP contribution in [-0.4, -0.2) is 0 Å². The summed E-state index contributed by atoms with van der Waals surface area (Å²) < 4.78 is 5.78. The zero-order valence-electron chi connectivity index (χ0n) is 11.3. The third kappa shape index (κ3) is 3.35. The molecule has 2 aromatic carbocycles. The van der Waals surface area contributed by atoms with E-state index in [9.17, 15) is 0 Å². The highest BCUT2D eigenvalue weighted by Crippen LogP contribution is 2.19. The molecule has 2 rings (SSSR count). The molecule has 0 aliphatic carbocycles. The molecule has 0 bridgehead atoms. The number of hydrogen-bond acceptors (Lipinski definition) is 2. The van der Waals surface area contributed by atoms with Crippen molar-refractivity contribution in [1.82, 2.24) is 0 Å². The summed E-state index contributed by atoms with van der Waals surface area (Å²) in [5.41, 5.74) is 4.36. The van der Waals surface area contributed by atoms with Gasteiger partial charge in [-0.2, -0.15) is 5.26 Å². The molecule has 0 saturated carbocycles. The average molecular weight is 251 g/mol. The summed E-state index contributed by atoms with van der Waals surface area (Å²) in [6, 6.07) is 15.8. The molecular formula is C17H17NO. The van der Waals surface area contributed by atoms with Crippen molar-refractivity contribution in [2.24, 2.45) is 0 Å². The minimum Gasteiger partial charge on any atom is -0.489 e. The van der Waals surface area contributed by atoms with E-state index in [-0.39, 0.29) is 0 Å². The molecule has 0 N–H and O–H groups in total. The van der Waals surface area contributed by atoms with Crippen LogP contribution in [0.4, 0.5) is 0 Å². The molecule has 0 saturated heterocycles. The van der Waals surface area contributed by atoms with Crippen molar-refractivity contribution in [3.63, 3.8) is 0 Å². The maximum atomic E-state index is 8.74. The molecule has 2 nitrogen and oxygen atoms in total. The van der Waals surface area contributed by atoms with Crippen LogP contribution in [0.15, 0.2) is 42.5 Å². The number of benzene rings is 2. The molecule has 0 atom stereocenters. The van der Waals surface area contributed by atoms with E-state index in [2.05, 4.69) is 32.0 Å². The summed E-state index contributed by atoms with van der Waals surface area (Å²) >= 11 is 0. The molecule has 96 valence electrons. The predicted octanol–water partition coefficient (Wildman–Crippen LogP) is 4.01. The van der Waals surface area contributed by atoms with Crippen LogP contribution in [0, 0.1) is 18.3 Å². The van der Waals surface area contributed by atoms with Crippen LogP contribution < -0.4 is 4.74 Å². The van der Waals surface area contributed by atoms with Gasteiger partial charge >= 0.3 is 0 Å². The molecule has 0 aliphatic rings. The summed E-state index contributed by atoms with van der Waals surface area (Å²) in [5, 5.41) is 8.74. The fraction of sp³-hybridized carbons (Fsp3) is 0.235. The quantitative estimate of drug-likeness (QED) is 0.822. The van der Waals surface area contributed by atoms with Crippen molar-refractivity contribution in [3.8, 4) is 11.8 Å². The van der Waals surface area contributed by atoms with E-state index in [1.165, 1.54) is 11.1 Å². The molecule has 2 heteroatoms. The standard InChI is InChI=1S/C17H17NO/c1-3-16-10-17(9-4-13(16)2)19-12-15-7-5-14(11-18)6-8-15/h4-10H,3,12H2,1-2H3. The Balaban J connectivity index is 2.03. The molecule has 0 unspecified atom stereocenters. The highest BCUT2D eigenvalue weighted by atomic mass is 16.5. The first kappa shape index (κ1) is 13.2. The Hall–Kier alpha value is -2.27. The predicted molar refractivity (Wildman–Crippen MR) is 76.0 cm³/mol. The first-order valence-corrected chi connectivity index (χ1v) is 6.44. The Morgan fingerprint density at radius 1 is 1.11 bits per heavy atom. The number of ether oxygens (including phenoxy) is 1. The van der Waals surface area contributed by atoms with Crippen LogP contribution in [0.3, 0.4) is 0 Å². The fourth-order valence-electron chi connectivity index (χ4n) is 1.96. The van der Waals surface area contributed by atoms with Crippen LogP contribution in [0.5, 0.6) is 5.75 Å². The van der Waals surface area contributed by atoms with Gasteiger partial charge in [0.05, 0.1) is 11.6 Å². The Kier molecular flexibility index (Phi) is 4.20. The van der Waals surface area contributed by atoms with Gasteiger partial charge in [-0.3, -0.25) is 0 Å². The second kappa shape index (κ2) is 6.06. The second-order valence-electron chi connectivity index (χ2n) is 4.54. The molecule has 0 amide bonds. The Morgan fingerprint density at radius 3 is 2.47 bits per heavy atom. The van der Waals surface area contributed by atoms with Gasteiger partial charge in [0.1, 0.15) is 12.4 Å². The topological polar surface area (TPSA) is 33.0 Å². The lowest BCUT2D eigenvalue weighted by molar-refractivity contribution is 0.306. The first-order chi connectivity index (χ1) is 9.22. The molecule has 0 aromatic heterocycles. The minimum absolute atomic E-state index is 0.526. The van der Waals surface area contributed by atoms with Crippen LogP contribution in [0.2, 0.25) is 0 Å². The van der Waals surface area contributed by atoms with Gasteiger partial charge in [-0.15, -0.1) is 0 Å². The lowest BCUT2D eigenvalue weighted by Crippen LogP contribution is -1.97. The number of nitriles is 1. The van der Waals surface area contributed by atoms with Gasteiger partial charge in [0.25, 0.3) is 0 Å². The number of rotatable bonds is 4. The second-order valence-corrected chi connectivity index (χ2v) is 4.54. The summed E-state index contributed by atoms with van der Waals surface area (Å²) in [7, 11) is 0. The molecule has 0 heterocycles. The van der Waals surface area contributed by atoms with Crippen LogP contribution >= 0.6 is 0 Å².